The van der Waals surface area contributed by atoms with Crippen LogP contribution in [0.1, 0.15) is 22.8 Å². The van der Waals surface area contributed by atoms with E-state index in [2.05, 4.69) is 27.1 Å². The van der Waals surface area contributed by atoms with Gasteiger partial charge in [0, 0.05) is 17.7 Å². The minimum atomic E-state index is -0.364. The molecular weight excluding hydrogens is 374 g/mol. The molecule has 1 aromatic heterocycles. The predicted octanol–water partition coefficient (Wildman–Crippen LogP) is 2.83. The Morgan fingerprint density at radius 2 is 1.82 bits per heavy atom. The number of aryl methyl sites for hydroxylation is 1. The van der Waals surface area contributed by atoms with Crippen LogP contribution >= 0.6 is 11.8 Å². The Morgan fingerprint density at radius 3 is 2.54 bits per heavy atom. The number of thioether (sulfide) groups is 1. The molecule has 0 saturated heterocycles. The van der Waals surface area contributed by atoms with Crippen molar-refractivity contribution < 1.29 is 9.59 Å². The maximum atomic E-state index is 12.1. The van der Waals surface area contributed by atoms with Crippen molar-refractivity contribution >= 4 is 23.6 Å². The summed E-state index contributed by atoms with van der Waals surface area (Å²) in [6, 6.07) is 16.7. The van der Waals surface area contributed by atoms with E-state index in [1.165, 1.54) is 11.8 Å². The van der Waals surface area contributed by atoms with Crippen LogP contribution in [0.15, 0.2) is 59.8 Å². The highest BCUT2D eigenvalue weighted by Gasteiger charge is 2.15. The van der Waals surface area contributed by atoms with Crippen molar-refractivity contribution in [1.82, 2.24) is 25.6 Å². The lowest BCUT2D eigenvalue weighted by atomic mass is 10.1. The maximum absolute atomic E-state index is 12.1. The first-order valence-corrected chi connectivity index (χ1v) is 9.84. The number of nitrogens with one attached hydrogen (secondary N) is 2. The van der Waals surface area contributed by atoms with Gasteiger partial charge >= 0.3 is 0 Å². The average molecular weight is 395 g/mol. The molecule has 0 atom stereocenters. The molecule has 2 N–H and O–H groups in total. The van der Waals surface area contributed by atoms with Crippen LogP contribution in [0.2, 0.25) is 0 Å². The van der Waals surface area contributed by atoms with E-state index >= 15 is 0 Å². The van der Waals surface area contributed by atoms with Gasteiger partial charge in [-0.1, -0.05) is 53.7 Å². The van der Waals surface area contributed by atoms with E-state index in [4.69, 9.17) is 0 Å². The smallest absolute Gasteiger partial charge is 0.269 e. The van der Waals surface area contributed by atoms with Crippen LogP contribution in [0, 0.1) is 6.92 Å². The van der Waals surface area contributed by atoms with Crippen LogP contribution in [0.25, 0.3) is 11.4 Å². The number of aromatic nitrogens is 3. The average Bonchev–Trinajstić information content (AvgIpc) is 3.14. The first kappa shape index (κ1) is 19.6. The number of rotatable bonds is 6. The van der Waals surface area contributed by atoms with Gasteiger partial charge in [-0.15, -0.1) is 10.2 Å². The van der Waals surface area contributed by atoms with Crippen molar-refractivity contribution in [3.63, 3.8) is 0 Å². The number of hydrogen-bond acceptors (Lipinski definition) is 5. The van der Waals surface area contributed by atoms with E-state index in [9.17, 15) is 9.59 Å². The summed E-state index contributed by atoms with van der Waals surface area (Å²) < 4.78 is 1.97. The SMILES string of the molecule is CCn1c(SCC(=O)NNC(=O)c2ccccc2)nnc1-c1cccc(C)c1. The molecule has 7 nitrogen and oxygen atoms in total. The normalized spacial score (nSPS) is 10.5. The fourth-order valence-corrected chi connectivity index (χ4v) is 3.43. The van der Waals surface area contributed by atoms with Gasteiger partial charge in [-0.3, -0.25) is 20.4 Å². The second kappa shape index (κ2) is 9.18. The Balaban J connectivity index is 1.58. The molecule has 0 radical (unpaired) electrons. The summed E-state index contributed by atoms with van der Waals surface area (Å²) in [5, 5.41) is 9.15. The highest BCUT2D eigenvalue weighted by molar-refractivity contribution is 7.99. The summed E-state index contributed by atoms with van der Waals surface area (Å²) in [4.78, 5) is 24.0. The first-order chi connectivity index (χ1) is 13.6. The highest BCUT2D eigenvalue weighted by atomic mass is 32.2. The van der Waals surface area contributed by atoms with E-state index in [0.717, 1.165) is 17.0 Å². The zero-order valence-corrected chi connectivity index (χ0v) is 16.5. The summed E-state index contributed by atoms with van der Waals surface area (Å²) in [5.74, 6) is 0.196. The van der Waals surface area contributed by atoms with Crippen LogP contribution < -0.4 is 10.9 Å². The van der Waals surface area contributed by atoms with Gasteiger partial charge in [-0.2, -0.15) is 0 Å². The first-order valence-electron chi connectivity index (χ1n) is 8.85. The minimum Gasteiger partial charge on any atom is -0.302 e. The topological polar surface area (TPSA) is 88.9 Å². The van der Waals surface area contributed by atoms with Gasteiger partial charge in [-0.05, 0) is 32.0 Å². The number of benzene rings is 2. The van der Waals surface area contributed by atoms with Crippen LogP contribution in [-0.4, -0.2) is 32.3 Å². The summed E-state index contributed by atoms with van der Waals surface area (Å²) in [5.41, 5.74) is 7.43. The molecule has 0 spiro atoms. The Bertz CT molecular complexity index is 972. The summed E-state index contributed by atoms with van der Waals surface area (Å²) >= 11 is 1.27. The molecule has 0 bridgehead atoms. The quantitative estimate of drug-likeness (QED) is 0.495. The largest absolute Gasteiger partial charge is 0.302 e. The third kappa shape index (κ3) is 4.77. The molecule has 2 aromatic carbocycles. The predicted molar refractivity (Wildman–Crippen MR) is 109 cm³/mol. The van der Waals surface area contributed by atoms with E-state index < -0.39 is 0 Å². The molecule has 28 heavy (non-hydrogen) atoms. The van der Waals surface area contributed by atoms with E-state index in [0.29, 0.717) is 17.3 Å². The van der Waals surface area contributed by atoms with Gasteiger partial charge in [0.15, 0.2) is 11.0 Å². The molecule has 3 rings (SSSR count). The van der Waals surface area contributed by atoms with Crippen LogP contribution in [0.4, 0.5) is 0 Å². The lowest BCUT2D eigenvalue weighted by molar-refractivity contribution is -0.119. The standard InChI is InChI=1S/C20H21N5O2S/c1-3-25-18(16-11-7-8-14(2)12-16)22-24-20(25)28-13-17(26)21-23-19(27)15-9-5-4-6-10-15/h4-12H,3,13H2,1-2H3,(H,21,26)(H,23,27). The fraction of sp³-hybridized carbons (Fsp3) is 0.200. The zero-order chi connectivity index (χ0) is 19.9. The van der Waals surface area contributed by atoms with Crippen molar-refractivity contribution in [2.24, 2.45) is 0 Å². The second-order valence-corrected chi connectivity index (χ2v) is 7.02. The molecule has 0 aliphatic carbocycles. The molecule has 0 saturated carbocycles. The molecular formula is C20H21N5O2S. The molecule has 0 aliphatic heterocycles. The third-order valence-corrected chi connectivity index (χ3v) is 4.96. The van der Waals surface area contributed by atoms with Gasteiger partial charge in [0.1, 0.15) is 0 Å². The molecule has 144 valence electrons. The zero-order valence-electron chi connectivity index (χ0n) is 15.7. The molecule has 0 fully saturated rings. The molecule has 2 amide bonds. The Labute approximate surface area is 167 Å². The highest BCUT2D eigenvalue weighted by Crippen LogP contribution is 2.24. The molecule has 0 unspecified atom stereocenters. The van der Waals surface area contributed by atoms with Crippen LogP contribution in [0.3, 0.4) is 0 Å². The lowest BCUT2D eigenvalue weighted by Crippen LogP contribution is -2.42. The van der Waals surface area contributed by atoms with Gasteiger partial charge in [-0.25, -0.2) is 0 Å². The molecule has 0 aliphatic rings. The number of carbonyl (C=O) groups excluding carboxylic acids is 2. The van der Waals surface area contributed by atoms with Gasteiger partial charge in [0.05, 0.1) is 5.75 Å². The van der Waals surface area contributed by atoms with E-state index in [1.807, 2.05) is 42.7 Å². The van der Waals surface area contributed by atoms with Crippen molar-refractivity contribution in [1.29, 1.82) is 0 Å². The molecule has 3 aromatic rings. The lowest BCUT2D eigenvalue weighted by Gasteiger charge is -2.09. The monoisotopic (exact) mass is 395 g/mol. The van der Waals surface area contributed by atoms with Crippen molar-refractivity contribution in [2.45, 2.75) is 25.5 Å². The van der Waals surface area contributed by atoms with Gasteiger partial charge in [0.2, 0.25) is 5.91 Å². The number of nitrogens with zero attached hydrogens (tertiary/aromatic N) is 3. The Hall–Kier alpha value is -3.13. The maximum Gasteiger partial charge on any atom is 0.269 e. The summed E-state index contributed by atoms with van der Waals surface area (Å²) in [7, 11) is 0. The van der Waals surface area contributed by atoms with Gasteiger partial charge in [0.25, 0.3) is 5.91 Å². The third-order valence-electron chi connectivity index (χ3n) is 3.99. The molecule has 8 heteroatoms. The Morgan fingerprint density at radius 1 is 1.04 bits per heavy atom. The van der Waals surface area contributed by atoms with E-state index in [-0.39, 0.29) is 17.6 Å². The number of hydrogen-bond donors (Lipinski definition) is 2. The fourth-order valence-electron chi connectivity index (χ4n) is 2.63. The minimum absolute atomic E-state index is 0.112. The van der Waals surface area contributed by atoms with Crippen LogP contribution in [0.5, 0.6) is 0 Å². The number of hydrazine groups is 1. The summed E-state index contributed by atoms with van der Waals surface area (Å²) in [6.45, 7) is 4.72. The van der Waals surface area contributed by atoms with Crippen molar-refractivity contribution in [2.75, 3.05) is 5.75 Å². The van der Waals surface area contributed by atoms with Crippen molar-refractivity contribution in [3.05, 3.63) is 65.7 Å². The number of amides is 2. The Kier molecular flexibility index (Phi) is 6.44. The van der Waals surface area contributed by atoms with Gasteiger partial charge < -0.3 is 4.57 Å². The number of carbonyl (C=O) groups is 2. The van der Waals surface area contributed by atoms with Crippen molar-refractivity contribution in [3.8, 4) is 11.4 Å². The van der Waals surface area contributed by atoms with E-state index in [1.54, 1.807) is 24.3 Å². The summed E-state index contributed by atoms with van der Waals surface area (Å²) in [6.07, 6.45) is 0. The van der Waals surface area contributed by atoms with Crippen LogP contribution in [-0.2, 0) is 11.3 Å². The molecule has 1 heterocycles. The second-order valence-electron chi connectivity index (χ2n) is 6.08.